The van der Waals surface area contributed by atoms with E-state index in [1.54, 1.807) is 48.5 Å². The number of methoxy groups -OCH3 is 2. The largest absolute Gasteiger partial charge is 0.497 e. The Morgan fingerprint density at radius 2 is 1.67 bits per heavy atom. The van der Waals surface area contributed by atoms with Gasteiger partial charge in [0.1, 0.15) is 24.1 Å². The molecule has 0 heterocycles. The summed E-state index contributed by atoms with van der Waals surface area (Å²) < 4.78 is 40.3. The summed E-state index contributed by atoms with van der Waals surface area (Å²) in [4.78, 5) is 29.6. The lowest BCUT2D eigenvalue weighted by atomic mass is 9.95. The minimum Gasteiger partial charge on any atom is -0.497 e. The van der Waals surface area contributed by atoms with Crippen LogP contribution in [0.4, 0.5) is 5.69 Å². The Morgan fingerprint density at radius 3 is 2.29 bits per heavy atom. The van der Waals surface area contributed by atoms with Gasteiger partial charge in [-0.3, -0.25) is 13.9 Å². The molecule has 1 saturated carbocycles. The van der Waals surface area contributed by atoms with Gasteiger partial charge in [-0.2, -0.15) is 0 Å². The molecular formula is C33H39Cl2N3O6S. The highest BCUT2D eigenvalue weighted by Gasteiger charge is 2.36. The fraction of sp³-hybridized carbons (Fsp3) is 0.394. The van der Waals surface area contributed by atoms with Crippen molar-refractivity contribution in [2.75, 3.05) is 25.1 Å². The van der Waals surface area contributed by atoms with E-state index in [1.165, 1.54) is 37.3 Å². The number of ether oxygens (including phenoxy) is 2. The molecule has 4 rings (SSSR count). The number of benzene rings is 3. The third kappa shape index (κ3) is 8.42. The molecule has 0 aromatic heterocycles. The van der Waals surface area contributed by atoms with Gasteiger partial charge in [0, 0.05) is 28.7 Å². The van der Waals surface area contributed by atoms with Crippen molar-refractivity contribution in [3.05, 3.63) is 82.3 Å². The first-order chi connectivity index (χ1) is 21.6. The molecule has 1 aliphatic carbocycles. The van der Waals surface area contributed by atoms with E-state index in [1.807, 2.05) is 6.92 Å². The summed E-state index contributed by atoms with van der Waals surface area (Å²) in [7, 11) is -1.42. The van der Waals surface area contributed by atoms with E-state index in [4.69, 9.17) is 32.7 Å². The number of halogens is 2. The SMILES string of the molecule is CC[C@H](C(=O)NC1CCCCC1)N(Cc1ccc(Cl)cc1Cl)C(=O)CN(c1cc(OC)ccc1OC)S(=O)(=O)c1ccccc1. The molecule has 12 heteroatoms. The minimum absolute atomic E-state index is 0.0166. The zero-order valence-electron chi connectivity index (χ0n) is 25.7. The van der Waals surface area contributed by atoms with Crippen LogP contribution in [0.5, 0.6) is 11.5 Å². The molecule has 0 bridgehead atoms. The zero-order chi connectivity index (χ0) is 32.6. The quantitative estimate of drug-likeness (QED) is 0.223. The fourth-order valence-electron chi connectivity index (χ4n) is 5.52. The predicted octanol–water partition coefficient (Wildman–Crippen LogP) is 6.46. The number of carbonyl (C=O) groups excluding carboxylic acids is 2. The lowest BCUT2D eigenvalue weighted by Gasteiger charge is -2.35. The summed E-state index contributed by atoms with van der Waals surface area (Å²) >= 11 is 12.7. The van der Waals surface area contributed by atoms with Crippen LogP contribution in [0.1, 0.15) is 51.0 Å². The number of amides is 2. The molecule has 3 aromatic rings. The van der Waals surface area contributed by atoms with Gasteiger partial charge in [-0.1, -0.05) is 73.7 Å². The first kappa shape index (κ1) is 34.4. The lowest BCUT2D eigenvalue weighted by molar-refractivity contribution is -0.140. The van der Waals surface area contributed by atoms with E-state index in [9.17, 15) is 18.0 Å². The second-order valence-electron chi connectivity index (χ2n) is 10.9. The monoisotopic (exact) mass is 675 g/mol. The second-order valence-corrected chi connectivity index (χ2v) is 13.6. The first-order valence-corrected chi connectivity index (χ1v) is 17.1. The van der Waals surface area contributed by atoms with Gasteiger partial charge < -0.3 is 19.7 Å². The molecule has 242 valence electrons. The molecule has 1 N–H and O–H groups in total. The molecule has 0 spiro atoms. The Hall–Kier alpha value is -3.47. The number of anilines is 1. The van der Waals surface area contributed by atoms with Crippen molar-refractivity contribution in [1.29, 1.82) is 0 Å². The van der Waals surface area contributed by atoms with Crippen LogP contribution in [0.3, 0.4) is 0 Å². The average molecular weight is 677 g/mol. The Balaban J connectivity index is 1.78. The molecule has 1 aliphatic rings. The van der Waals surface area contributed by atoms with Crippen LogP contribution in [0, 0.1) is 0 Å². The molecule has 0 aliphatic heterocycles. The number of hydrogen-bond donors (Lipinski definition) is 1. The summed E-state index contributed by atoms with van der Waals surface area (Å²) in [6, 6.07) is 16.6. The van der Waals surface area contributed by atoms with Crippen LogP contribution in [0.15, 0.2) is 71.6 Å². The van der Waals surface area contributed by atoms with Crippen molar-refractivity contribution in [3.8, 4) is 11.5 Å². The maximum Gasteiger partial charge on any atom is 0.264 e. The molecule has 45 heavy (non-hydrogen) atoms. The second kappa shape index (κ2) is 15.7. The van der Waals surface area contributed by atoms with Gasteiger partial charge in [-0.25, -0.2) is 8.42 Å². The summed E-state index contributed by atoms with van der Waals surface area (Å²) in [5, 5.41) is 3.88. The lowest BCUT2D eigenvalue weighted by Crippen LogP contribution is -2.54. The van der Waals surface area contributed by atoms with Crippen LogP contribution >= 0.6 is 23.2 Å². The van der Waals surface area contributed by atoms with E-state index in [2.05, 4.69) is 5.32 Å². The van der Waals surface area contributed by atoms with Gasteiger partial charge >= 0.3 is 0 Å². The number of nitrogens with zero attached hydrogens (tertiary/aromatic N) is 2. The van der Waals surface area contributed by atoms with Gasteiger partial charge in [-0.15, -0.1) is 0 Å². The highest BCUT2D eigenvalue weighted by molar-refractivity contribution is 7.92. The van der Waals surface area contributed by atoms with Crippen molar-refractivity contribution in [1.82, 2.24) is 10.2 Å². The highest BCUT2D eigenvalue weighted by Crippen LogP contribution is 2.36. The van der Waals surface area contributed by atoms with Gasteiger partial charge in [0.05, 0.1) is 24.8 Å². The minimum atomic E-state index is -4.30. The third-order valence-corrected chi connectivity index (χ3v) is 10.3. The van der Waals surface area contributed by atoms with E-state index in [0.29, 0.717) is 27.8 Å². The Bertz CT molecular complexity index is 1580. The van der Waals surface area contributed by atoms with Crippen molar-refractivity contribution in [2.24, 2.45) is 0 Å². The topological polar surface area (TPSA) is 105 Å². The zero-order valence-corrected chi connectivity index (χ0v) is 28.0. The standard InChI is InChI=1S/C33H39Cl2N3O6S/c1-4-29(33(40)36-25-11-7-5-8-12-25)37(21-23-15-16-24(34)19-28(23)35)32(39)22-38(45(41,42)27-13-9-6-10-14-27)30-20-26(43-2)17-18-31(30)44-3/h6,9-10,13-20,25,29H,4-5,7-8,11-12,21-22H2,1-3H3,(H,36,40)/t29-/m1/s1. The van der Waals surface area contributed by atoms with Crippen LogP contribution < -0.4 is 19.1 Å². The molecule has 0 unspecified atom stereocenters. The van der Waals surface area contributed by atoms with Crippen molar-refractivity contribution in [2.45, 2.75) is 69.0 Å². The van der Waals surface area contributed by atoms with E-state index >= 15 is 0 Å². The van der Waals surface area contributed by atoms with E-state index < -0.39 is 28.5 Å². The molecule has 9 nitrogen and oxygen atoms in total. The number of rotatable bonds is 13. The van der Waals surface area contributed by atoms with Gasteiger partial charge in [-0.05, 0) is 61.2 Å². The van der Waals surface area contributed by atoms with Crippen molar-refractivity contribution < 1.29 is 27.5 Å². The maximum atomic E-state index is 14.4. The molecule has 1 atom stereocenters. The fourth-order valence-corrected chi connectivity index (χ4v) is 7.43. The molecule has 1 fully saturated rings. The highest BCUT2D eigenvalue weighted by atomic mass is 35.5. The summed E-state index contributed by atoms with van der Waals surface area (Å²) in [6.07, 6.45) is 5.22. The van der Waals surface area contributed by atoms with E-state index in [-0.39, 0.29) is 34.8 Å². The van der Waals surface area contributed by atoms with Crippen molar-refractivity contribution >= 4 is 50.7 Å². The molecule has 2 amide bonds. The van der Waals surface area contributed by atoms with Gasteiger partial charge in [0.15, 0.2) is 0 Å². The van der Waals surface area contributed by atoms with E-state index in [0.717, 1.165) is 36.4 Å². The van der Waals surface area contributed by atoms with Crippen molar-refractivity contribution in [3.63, 3.8) is 0 Å². The Kier molecular flexibility index (Phi) is 12.0. The maximum absolute atomic E-state index is 14.4. The Labute approximate surface area is 275 Å². The van der Waals surface area contributed by atoms with Crippen LogP contribution in [-0.4, -0.2) is 58.0 Å². The molecule has 3 aromatic carbocycles. The number of hydrogen-bond acceptors (Lipinski definition) is 6. The first-order valence-electron chi connectivity index (χ1n) is 14.9. The number of carbonyl (C=O) groups is 2. The van der Waals surface area contributed by atoms with Crippen LogP contribution in [0.25, 0.3) is 0 Å². The summed E-state index contributed by atoms with van der Waals surface area (Å²) in [6.45, 7) is 1.15. The Morgan fingerprint density at radius 1 is 0.956 bits per heavy atom. The number of sulfonamides is 1. The average Bonchev–Trinajstić information content (AvgIpc) is 3.04. The number of nitrogens with one attached hydrogen (secondary N) is 1. The van der Waals surface area contributed by atoms with Gasteiger partial charge in [0.2, 0.25) is 11.8 Å². The molecule has 0 saturated heterocycles. The predicted molar refractivity (Wildman–Crippen MR) is 177 cm³/mol. The summed E-state index contributed by atoms with van der Waals surface area (Å²) in [5.74, 6) is -0.303. The van der Waals surface area contributed by atoms with Gasteiger partial charge in [0.25, 0.3) is 10.0 Å². The third-order valence-electron chi connectivity index (χ3n) is 7.96. The normalized spacial score (nSPS) is 14.3. The molecule has 0 radical (unpaired) electrons. The molecular weight excluding hydrogens is 637 g/mol. The summed E-state index contributed by atoms with van der Waals surface area (Å²) in [5.41, 5.74) is 0.674. The smallest absolute Gasteiger partial charge is 0.264 e. The van der Waals surface area contributed by atoms with Crippen LogP contribution in [-0.2, 0) is 26.2 Å². The van der Waals surface area contributed by atoms with Crippen LogP contribution in [0.2, 0.25) is 10.0 Å².